The number of halogens is 3. The summed E-state index contributed by atoms with van der Waals surface area (Å²) in [6.07, 6.45) is -4.22. The van der Waals surface area contributed by atoms with Crippen molar-refractivity contribution in [1.82, 2.24) is 0 Å². The summed E-state index contributed by atoms with van der Waals surface area (Å²) < 4.78 is 36.6. The number of amides is 1. The highest BCUT2D eigenvalue weighted by Crippen LogP contribution is 2.29. The molecule has 1 amide bonds. The Morgan fingerprint density at radius 3 is 2.12 bits per heavy atom. The van der Waals surface area contributed by atoms with Gasteiger partial charge in [-0.15, -0.1) is 0 Å². The van der Waals surface area contributed by atoms with Crippen LogP contribution in [0.25, 0.3) is 0 Å². The molecule has 0 saturated carbocycles. The normalized spacial score (nSPS) is 13.5. The predicted octanol–water partition coefficient (Wildman–Crippen LogP) is 1.06. The summed E-state index contributed by atoms with van der Waals surface area (Å²) >= 11 is 0. The highest BCUT2D eigenvalue weighted by Gasteiger charge is 2.29. The summed E-state index contributed by atoms with van der Waals surface area (Å²) in [4.78, 5) is 10.6. The van der Waals surface area contributed by atoms with Crippen molar-refractivity contribution < 1.29 is 18.0 Å². The van der Waals surface area contributed by atoms with E-state index in [-0.39, 0.29) is 6.42 Å². The fraction of sp³-hybridized carbons (Fsp3) is 0.300. The standard InChI is InChI=1S/C10H11F3N2O/c11-10(12,13)7-3-1-6(2-4-7)5-8(14)9(15)16/h1-4,8H,5,14H2,(H2,15,16). The minimum atomic E-state index is -4.36. The van der Waals surface area contributed by atoms with E-state index in [0.29, 0.717) is 5.56 Å². The third-order valence-corrected chi connectivity index (χ3v) is 2.10. The van der Waals surface area contributed by atoms with Crippen molar-refractivity contribution in [2.24, 2.45) is 11.5 Å². The van der Waals surface area contributed by atoms with Crippen molar-refractivity contribution in [2.75, 3.05) is 0 Å². The van der Waals surface area contributed by atoms with Gasteiger partial charge < -0.3 is 11.5 Å². The highest BCUT2D eigenvalue weighted by molar-refractivity contribution is 5.79. The molecule has 0 aromatic heterocycles. The first kappa shape index (κ1) is 12.5. The Balaban J connectivity index is 2.76. The van der Waals surface area contributed by atoms with E-state index in [1.165, 1.54) is 12.1 Å². The lowest BCUT2D eigenvalue weighted by Crippen LogP contribution is -2.38. The maximum Gasteiger partial charge on any atom is 0.416 e. The molecule has 88 valence electrons. The quantitative estimate of drug-likeness (QED) is 0.818. The van der Waals surface area contributed by atoms with Gasteiger partial charge in [0, 0.05) is 0 Å². The molecule has 0 bridgehead atoms. The summed E-state index contributed by atoms with van der Waals surface area (Å²) in [5, 5.41) is 0. The van der Waals surface area contributed by atoms with Gasteiger partial charge in [0.25, 0.3) is 0 Å². The predicted molar refractivity (Wildman–Crippen MR) is 52.3 cm³/mol. The van der Waals surface area contributed by atoms with Gasteiger partial charge in [-0.1, -0.05) is 12.1 Å². The maximum absolute atomic E-state index is 12.2. The van der Waals surface area contributed by atoms with E-state index in [9.17, 15) is 18.0 Å². The van der Waals surface area contributed by atoms with Gasteiger partial charge in [0.1, 0.15) is 0 Å². The summed E-state index contributed by atoms with van der Waals surface area (Å²) in [5.74, 6) is -0.681. The number of carbonyl (C=O) groups is 1. The Hall–Kier alpha value is -1.56. The van der Waals surface area contributed by atoms with Crippen LogP contribution in [0.3, 0.4) is 0 Å². The maximum atomic E-state index is 12.2. The lowest BCUT2D eigenvalue weighted by molar-refractivity contribution is -0.137. The van der Waals surface area contributed by atoms with Gasteiger partial charge >= 0.3 is 6.18 Å². The molecule has 0 spiro atoms. The number of primary amides is 1. The van der Waals surface area contributed by atoms with Crippen LogP contribution in [0.5, 0.6) is 0 Å². The minimum Gasteiger partial charge on any atom is -0.368 e. The number of nitrogens with two attached hydrogens (primary N) is 2. The molecule has 1 aromatic carbocycles. The first-order chi connectivity index (χ1) is 7.30. The lowest BCUT2D eigenvalue weighted by Gasteiger charge is -2.09. The lowest BCUT2D eigenvalue weighted by atomic mass is 10.0. The number of rotatable bonds is 3. The second-order valence-corrected chi connectivity index (χ2v) is 3.41. The molecule has 0 saturated heterocycles. The van der Waals surface area contributed by atoms with Crippen LogP contribution < -0.4 is 11.5 Å². The zero-order valence-corrected chi connectivity index (χ0v) is 8.29. The topological polar surface area (TPSA) is 69.1 Å². The van der Waals surface area contributed by atoms with Crippen molar-refractivity contribution >= 4 is 5.91 Å². The van der Waals surface area contributed by atoms with Crippen LogP contribution in [0, 0.1) is 0 Å². The number of hydrogen-bond donors (Lipinski definition) is 2. The Labute approximate surface area is 90.2 Å². The molecule has 4 N–H and O–H groups in total. The average molecular weight is 232 g/mol. The van der Waals surface area contributed by atoms with Crippen molar-refractivity contribution in [1.29, 1.82) is 0 Å². The fourth-order valence-electron chi connectivity index (χ4n) is 1.18. The highest BCUT2D eigenvalue weighted by atomic mass is 19.4. The Bertz CT molecular complexity index is 373. The third kappa shape index (κ3) is 3.23. The van der Waals surface area contributed by atoms with E-state index in [0.717, 1.165) is 12.1 Å². The molecule has 0 aliphatic rings. The molecule has 1 rings (SSSR count). The van der Waals surface area contributed by atoms with Gasteiger partial charge in [0.2, 0.25) is 5.91 Å². The zero-order valence-electron chi connectivity index (χ0n) is 8.29. The molecular formula is C10H11F3N2O. The molecule has 1 atom stereocenters. The molecule has 1 unspecified atom stereocenters. The van der Waals surface area contributed by atoms with Gasteiger partial charge in [-0.25, -0.2) is 0 Å². The van der Waals surface area contributed by atoms with Crippen molar-refractivity contribution in [2.45, 2.75) is 18.6 Å². The number of alkyl halides is 3. The Morgan fingerprint density at radius 2 is 1.75 bits per heavy atom. The van der Waals surface area contributed by atoms with Crippen LogP contribution in [-0.4, -0.2) is 11.9 Å². The van der Waals surface area contributed by atoms with Gasteiger partial charge in [-0.2, -0.15) is 13.2 Å². The van der Waals surface area contributed by atoms with E-state index in [4.69, 9.17) is 11.5 Å². The largest absolute Gasteiger partial charge is 0.416 e. The molecule has 6 heteroatoms. The van der Waals surface area contributed by atoms with Gasteiger partial charge in [-0.3, -0.25) is 4.79 Å². The molecule has 1 aromatic rings. The summed E-state index contributed by atoms with van der Waals surface area (Å²) in [7, 11) is 0. The van der Waals surface area contributed by atoms with Gasteiger partial charge in [0.05, 0.1) is 11.6 Å². The summed E-state index contributed by atoms with van der Waals surface area (Å²) in [6, 6.07) is 3.58. The first-order valence-electron chi connectivity index (χ1n) is 4.51. The SMILES string of the molecule is NC(=O)C(N)Cc1ccc(C(F)(F)F)cc1. The molecule has 16 heavy (non-hydrogen) atoms. The zero-order chi connectivity index (χ0) is 12.3. The number of carbonyl (C=O) groups excluding carboxylic acids is 1. The van der Waals surface area contributed by atoms with Gasteiger partial charge in [0.15, 0.2) is 0 Å². The van der Waals surface area contributed by atoms with Crippen LogP contribution in [0.15, 0.2) is 24.3 Å². The molecule has 3 nitrogen and oxygen atoms in total. The van der Waals surface area contributed by atoms with Crippen molar-refractivity contribution in [3.8, 4) is 0 Å². The van der Waals surface area contributed by atoms with E-state index >= 15 is 0 Å². The molecule has 0 fully saturated rings. The summed E-state index contributed by atoms with van der Waals surface area (Å²) in [6.45, 7) is 0. The first-order valence-corrected chi connectivity index (χ1v) is 4.51. The minimum absolute atomic E-state index is 0.132. The van der Waals surface area contributed by atoms with Gasteiger partial charge in [-0.05, 0) is 24.1 Å². The van der Waals surface area contributed by atoms with Crippen LogP contribution in [0.4, 0.5) is 13.2 Å². The van der Waals surface area contributed by atoms with Crippen LogP contribution in [-0.2, 0) is 17.4 Å². The van der Waals surface area contributed by atoms with E-state index in [1.807, 2.05) is 0 Å². The molecule has 0 aliphatic heterocycles. The molecule has 0 heterocycles. The third-order valence-electron chi connectivity index (χ3n) is 2.10. The Morgan fingerprint density at radius 1 is 1.25 bits per heavy atom. The molecular weight excluding hydrogens is 221 g/mol. The second kappa shape index (κ2) is 4.52. The van der Waals surface area contributed by atoms with E-state index in [2.05, 4.69) is 0 Å². The van der Waals surface area contributed by atoms with Crippen LogP contribution >= 0.6 is 0 Å². The number of benzene rings is 1. The smallest absolute Gasteiger partial charge is 0.368 e. The second-order valence-electron chi connectivity index (χ2n) is 3.41. The van der Waals surface area contributed by atoms with Crippen molar-refractivity contribution in [3.63, 3.8) is 0 Å². The van der Waals surface area contributed by atoms with Crippen LogP contribution in [0.1, 0.15) is 11.1 Å². The summed E-state index contributed by atoms with van der Waals surface area (Å²) in [5.41, 5.74) is 10.1. The molecule has 0 aliphatic carbocycles. The average Bonchev–Trinajstić information content (AvgIpc) is 2.17. The monoisotopic (exact) mass is 232 g/mol. The fourth-order valence-corrected chi connectivity index (χ4v) is 1.18. The Kier molecular flexibility index (Phi) is 3.54. The van der Waals surface area contributed by atoms with E-state index < -0.39 is 23.7 Å². The van der Waals surface area contributed by atoms with Crippen molar-refractivity contribution in [3.05, 3.63) is 35.4 Å². The van der Waals surface area contributed by atoms with E-state index in [1.54, 1.807) is 0 Å². The number of hydrogen-bond acceptors (Lipinski definition) is 2. The van der Waals surface area contributed by atoms with Crippen LogP contribution in [0.2, 0.25) is 0 Å². The molecule has 0 radical (unpaired) electrons.